The zero-order valence-corrected chi connectivity index (χ0v) is 17.5. The first-order valence-electron chi connectivity index (χ1n) is 9.69. The van der Waals surface area contributed by atoms with Gasteiger partial charge in [-0.1, -0.05) is 31.9 Å². The van der Waals surface area contributed by atoms with Crippen molar-refractivity contribution in [3.05, 3.63) is 22.8 Å². The van der Waals surface area contributed by atoms with E-state index in [1.165, 1.54) is 6.20 Å². The monoisotopic (exact) mass is 398 g/mol. The molecule has 152 valence electrons. The molecule has 0 saturated carbocycles. The predicted octanol–water partition coefficient (Wildman–Crippen LogP) is 4.21. The van der Waals surface area contributed by atoms with Crippen LogP contribution in [0.5, 0.6) is 5.88 Å². The van der Waals surface area contributed by atoms with Crippen molar-refractivity contribution in [2.24, 2.45) is 5.41 Å². The summed E-state index contributed by atoms with van der Waals surface area (Å²) < 4.78 is 16.9. The summed E-state index contributed by atoms with van der Waals surface area (Å²) in [4.78, 5) is 16.5. The van der Waals surface area contributed by atoms with Gasteiger partial charge in [0.25, 0.3) is 5.91 Å². The third kappa shape index (κ3) is 6.33. The van der Waals surface area contributed by atoms with Crippen molar-refractivity contribution in [3.8, 4) is 5.88 Å². The molecule has 1 fully saturated rings. The Morgan fingerprint density at radius 2 is 2.11 bits per heavy atom. The standard InChI is InChI=1S/C20H31ClN2O4/c1-5-7-20(4,19-25-10-11-26-19)8-6-9-22-17(24)15-12-16(21)18(23-13-15)27-14(2)3/h12-14,19H,5-11H2,1-4H3,(H,22,24)/t20-/m0/s1. The largest absolute Gasteiger partial charge is 0.474 e. The zero-order chi connectivity index (χ0) is 19.9. The van der Waals surface area contributed by atoms with Crippen molar-refractivity contribution in [2.75, 3.05) is 19.8 Å². The molecular formula is C20H31ClN2O4. The molecule has 27 heavy (non-hydrogen) atoms. The van der Waals surface area contributed by atoms with E-state index >= 15 is 0 Å². The molecular weight excluding hydrogens is 368 g/mol. The molecule has 1 aliphatic rings. The number of carbonyl (C=O) groups is 1. The van der Waals surface area contributed by atoms with Gasteiger partial charge in [0.05, 0.1) is 24.9 Å². The molecule has 1 amide bonds. The maximum absolute atomic E-state index is 12.3. The van der Waals surface area contributed by atoms with Crippen LogP contribution in [0.2, 0.25) is 5.02 Å². The molecule has 2 rings (SSSR count). The topological polar surface area (TPSA) is 69.7 Å². The van der Waals surface area contributed by atoms with Crippen LogP contribution < -0.4 is 10.1 Å². The number of rotatable bonds is 10. The molecule has 0 bridgehead atoms. The van der Waals surface area contributed by atoms with Gasteiger partial charge < -0.3 is 19.5 Å². The zero-order valence-electron chi connectivity index (χ0n) is 16.7. The predicted molar refractivity (Wildman–Crippen MR) is 105 cm³/mol. The molecule has 1 aromatic rings. The Kier molecular flexibility index (Phi) is 8.32. The van der Waals surface area contributed by atoms with Crippen LogP contribution >= 0.6 is 11.6 Å². The highest BCUT2D eigenvalue weighted by atomic mass is 35.5. The lowest BCUT2D eigenvalue weighted by atomic mass is 9.80. The Balaban J connectivity index is 1.83. The van der Waals surface area contributed by atoms with Crippen molar-refractivity contribution in [2.45, 2.75) is 65.8 Å². The summed E-state index contributed by atoms with van der Waals surface area (Å²) in [6.45, 7) is 10.0. The lowest BCUT2D eigenvalue weighted by Crippen LogP contribution is -2.34. The highest BCUT2D eigenvalue weighted by Crippen LogP contribution is 2.37. The van der Waals surface area contributed by atoms with Crippen molar-refractivity contribution in [3.63, 3.8) is 0 Å². The molecule has 1 aromatic heterocycles. The molecule has 2 heterocycles. The fourth-order valence-corrected chi connectivity index (χ4v) is 3.56. The fourth-order valence-electron chi connectivity index (χ4n) is 3.35. The van der Waals surface area contributed by atoms with Gasteiger partial charge in [0.2, 0.25) is 5.88 Å². The third-order valence-electron chi connectivity index (χ3n) is 4.64. The molecule has 0 aromatic carbocycles. The van der Waals surface area contributed by atoms with Gasteiger partial charge in [0, 0.05) is 18.2 Å². The number of hydrogen-bond acceptors (Lipinski definition) is 5. The SMILES string of the molecule is CCC[C@@](C)(CCCNC(=O)c1cnc(OC(C)C)c(Cl)c1)C1OCCO1. The molecule has 0 radical (unpaired) electrons. The Morgan fingerprint density at radius 1 is 1.41 bits per heavy atom. The molecule has 1 saturated heterocycles. The van der Waals surface area contributed by atoms with E-state index in [1.54, 1.807) is 6.07 Å². The number of nitrogens with zero attached hydrogens (tertiary/aromatic N) is 1. The number of aromatic nitrogens is 1. The number of amides is 1. The van der Waals surface area contributed by atoms with E-state index in [1.807, 2.05) is 13.8 Å². The third-order valence-corrected chi connectivity index (χ3v) is 4.91. The first-order valence-corrected chi connectivity index (χ1v) is 10.1. The first-order chi connectivity index (χ1) is 12.9. The number of pyridine rings is 1. The van der Waals surface area contributed by atoms with Crippen molar-refractivity contribution in [1.29, 1.82) is 0 Å². The molecule has 1 aliphatic heterocycles. The maximum Gasteiger partial charge on any atom is 0.252 e. The summed E-state index contributed by atoms with van der Waals surface area (Å²) in [7, 11) is 0. The molecule has 0 spiro atoms. The second-order valence-corrected chi connectivity index (χ2v) is 7.92. The first kappa shape index (κ1) is 21.9. The summed E-state index contributed by atoms with van der Waals surface area (Å²) >= 11 is 6.15. The normalized spacial score (nSPS) is 17.1. The van der Waals surface area contributed by atoms with E-state index in [-0.39, 0.29) is 23.7 Å². The summed E-state index contributed by atoms with van der Waals surface area (Å²) in [5.41, 5.74) is 0.395. The molecule has 0 unspecified atom stereocenters. The Morgan fingerprint density at radius 3 is 2.70 bits per heavy atom. The van der Waals surface area contributed by atoms with Crippen molar-refractivity contribution in [1.82, 2.24) is 10.3 Å². The molecule has 0 aliphatic carbocycles. The number of ether oxygens (including phenoxy) is 3. The van der Waals surface area contributed by atoms with E-state index in [2.05, 4.69) is 24.1 Å². The fraction of sp³-hybridized carbons (Fsp3) is 0.700. The van der Waals surface area contributed by atoms with Gasteiger partial charge >= 0.3 is 0 Å². The minimum Gasteiger partial charge on any atom is -0.474 e. The Labute approximate surface area is 166 Å². The van der Waals surface area contributed by atoms with Gasteiger partial charge in [-0.25, -0.2) is 4.98 Å². The Bertz CT molecular complexity index is 620. The van der Waals surface area contributed by atoms with Crippen molar-refractivity contribution < 1.29 is 19.0 Å². The second-order valence-electron chi connectivity index (χ2n) is 7.51. The lowest BCUT2D eigenvalue weighted by Gasteiger charge is -2.34. The van der Waals surface area contributed by atoms with Gasteiger partial charge in [-0.3, -0.25) is 4.79 Å². The number of carbonyl (C=O) groups excluding carboxylic acids is 1. The van der Waals surface area contributed by atoms with E-state index in [0.717, 1.165) is 25.7 Å². The minimum absolute atomic E-state index is 0.0278. The minimum atomic E-state index is -0.189. The number of hydrogen-bond donors (Lipinski definition) is 1. The quantitative estimate of drug-likeness (QED) is 0.598. The van der Waals surface area contributed by atoms with Gasteiger partial charge in [-0.05, 0) is 39.2 Å². The average Bonchev–Trinajstić information content (AvgIpc) is 3.15. The van der Waals surface area contributed by atoms with Crippen LogP contribution in [0, 0.1) is 5.41 Å². The maximum atomic E-state index is 12.3. The van der Waals surface area contributed by atoms with Gasteiger partial charge in [-0.15, -0.1) is 0 Å². The highest BCUT2D eigenvalue weighted by molar-refractivity contribution is 6.32. The number of nitrogens with one attached hydrogen (secondary N) is 1. The highest BCUT2D eigenvalue weighted by Gasteiger charge is 2.37. The molecule has 1 atom stereocenters. The summed E-state index contributed by atoms with van der Waals surface area (Å²) in [6, 6.07) is 1.59. The summed E-state index contributed by atoms with van der Waals surface area (Å²) in [5.74, 6) is 0.154. The van der Waals surface area contributed by atoms with Crippen LogP contribution in [-0.2, 0) is 9.47 Å². The van der Waals surface area contributed by atoms with Crippen LogP contribution in [0.4, 0.5) is 0 Å². The van der Waals surface area contributed by atoms with Crippen LogP contribution in [0.1, 0.15) is 63.7 Å². The molecule has 6 nitrogen and oxygen atoms in total. The smallest absolute Gasteiger partial charge is 0.252 e. The van der Waals surface area contributed by atoms with E-state index in [4.69, 9.17) is 25.8 Å². The van der Waals surface area contributed by atoms with Crippen LogP contribution in [0.15, 0.2) is 12.3 Å². The lowest BCUT2D eigenvalue weighted by molar-refractivity contribution is -0.133. The summed E-state index contributed by atoms with van der Waals surface area (Å²) in [6.07, 6.45) is 5.18. The van der Waals surface area contributed by atoms with E-state index < -0.39 is 0 Å². The van der Waals surface area contributed by atoms with Crippen molar-refractivity contribution >= 4 is 17.5 Å². The van der Waals surface area contributed by atoms with Crippen LogP contribution in [0.3, 0.4) is 0 Å². The number of halogens is 1. The average molecular weight is 399 g/mol. The van der Waals surface area contributed by atoms with Gasteiger partial charge in [0.15, 0.2) is 6.29 Å². The van der Waals surface area contributed by atoms with E-state index in [0.29, 0.717) is 36.2 Å². The van der Waals surface area contributed by atoms with Gasteiger partial charge in [-0.2, -0.15) is 0 Å². The van der Waals surface area contributed by atoms with E-state index in [9.17, 15) is 4.79 Å². The molecule has 7 heteroatoms. The van der Waals surface area contributed by atoms with Crippen LogP contribution in [-0.4, -0.2) is 43.0 Å². The Hall–Kier alpha value is -1.37. The molecule has 1 N–H and O–H groups in total. The summed E-state index contributed by atoms with van der Waals surface area (Å²) in [5, 5.41) is 3.27. The second kappa shape index (κ2) is 10.2. The van der Waals surface area contributed by atoms with Crippen LogP contribution in [0.25, 0.3) is 0 Å². The van der Waals surface area contributed by atoms with Gasteiger partial charge in [0.1, 0.15) is 5.02 Å².